The molecular formula is C15H17NO3S. The third kappa shape index (κ3) is 3.37. The topological polar surface area (TPSA) is 69.4 Å². The molecule has 0 heterocycles. The van der Waals surface area contributed by atoms with Crippen LogP contribution in [0.2, 0.25) is 0 Å². The molecule has 2 aromatic carbocycles. The molecule has 4 nitrogen and oxygen atoms in total. The van der Waals surface area contributed by atoms with E-state index in [2.05, 4.69) is 0 Å². The maximum Gasteiger partial charge on any atom is 0.175 e. The SMILES string of the molecule is Cc1ccc(CN)c(Oc2cccc(S(C)(=O)=O)c2)c1. The quantitative estimate of drug-likeness (QED) is 0.940. The Balaban J connectivity index is 2.38. The number of sulfone groups is 1. The molecule has 2 aromatic rings. The van der Waals surface area contributed by atoms with Gasteiger partial charge in [-0.25, -0.2) is 8.42 Å². The van der Waals surface area contributed by atoms with Gasteiger partial charge >= 0.3 is 0 Å². The average Bonchev–Trinajstić information content (AvgIpc) is 2.38. The first-order valence-electron chi connectivity index (χ1n) is 6.18. The first-order valence-corrected chi connectivity index (χ1v) is 8.07. The van der Waals surface area contributed by atoms with Crippen molar-refractivity contribution in [2.75, 3.05) is 6.26 Å². The fourth-order valence-corrected chi connectivity index (χ4v) is 2.48. The van der Waals surface area contributed by atoms with Crippen LogP contribution in [0.1, 0.15) is 11.1 Å². The third-order valence-electron chi connectivity index (χ3n) is 2.90. The van der Waals surface area contributed by atoms with E-state index in [1.807, 2.05) is 25.1 Å². The van der Waals surface area contributed by atoms with Gasteiger partial charge in [0.05, 0.1) is 4.90 Å². The lowest BCUT2D eigenvalue weighted by molar-refractivity contribution is 0.474. The highest BCUT2D eigenvalue weighted by molar-refractivity contribution is 7.90. The molecule has 5 heteroatoms. The van der Waals surface area contributed by atoms with E-state index in [4.69, 9.17) is 10.5 Å². The molecule has 0 atom stereocenters. The molecule has 2 N–H and O–H groups in total. The Morgan fingerprint density at radius 3 is 2.55 bits per heavy atom. The lowest BCUT2D eigenvalue weighted by Crippen LogP contribution is -2.01. The molecule has 0 fully saturated rings. The zero-order valence-corrected chi connectivity index (χ0v) is 12.3. The van der Waals surface area contributed by atoms with Crippen LogP contribution in [0.4, 0.5) is 0 Å². The van der Waals surface area contributed by atoms with Gasteiger partial charge in [-0.15, -0.1) is 0 Å². The summed E-state index contributed by atoms with van der Waals surface area (Å²) in [5.41, 5.74) is 7.61. The van der Waals surface area contributed by atoms with Crippen LogP contribution in [0.3, 0.4) is 0 Å². The van der Waals surface area contributed by atoms with Crippen LogP contribution in [0.15, 0.2) is 47.4 Å². The molecule has 106 valence electrons. The molecule has 0 unspecified atom stereocenters. The normalized spacial score (nSPS) is 11.3. The van der Waals surface area contributed by atoms with Gasteiger partial charge in [-0.2, -0.15) is 0 Å². The van der Waals surface area contributed by atoms with Gasteiger partial charge in [0.15, 0.2) is 9.84 Å². The number of hydrogen-bond acceptors (Lipinski definition) is 4. The standard InChI is InChI=1S/C15H17NO3S/c1-11-6-7-12(10-16)15(8-11)19-13-4-3-5-14(9-13)20(2,17)18/h3-9H,10,16H2,1-2H3. The third-order valence-corrected chi connectivity index (χ3v) is 4.01. The van der Waals surface area contributed by atoms with Gasteiger partial charge in [0.1, 0.15) is 11.5 Å². The molecule has 0 saturated heterocycles. The molecule has 0 aromatic heterocycles. The van der Waals surface area contributed by atoms with Gasteiger partial charge in [0.2, 0.25) is 0 Å². The van der Waals surface area contributed by atoms with Crippen LogP contribution in [0.25, 0.3) is 0 Å². The fourth-order valence-electron chi connectivity index (χ4n) is 1.82. The van der Waals surface area contributed by atoms with E-state index in [-0.39, 0.29) is 4.90 Å². The largest absolute Gasteiger partial charge is 0.457 e. The Kier molecular flexibility index (Phi) is 4.11. The molecule has 0 aliphatic carbocycles. The van der Waals surface area contributed by atoms with E-state index in [1.54, 1.807) is 18.2 Å². The number of nitrogens with two attached hydrogens (primary N) is 1. The van der Waals surface area contributed by atoms with E-state index in [0.717, 1.165) is 11.1 Å². The van der Waals surface area contributed by atoms with Crippen molar-refractivity contribution in [3.05, 3.63) is 53.6 Å². The summed E-state index contributed by atoms with van der Waals surface area (Å²) in [4.78, 5) is 0.233. The van der Waals surface area contributed by atoms with Crippen molar-refractivity contribution >= 4 is 9.84 Å². The Morgan fingerprint density at radius 2 is 1.90 bits per heavy atom. The minimum Gasteiger partial charge on any atom is -0.457 e. The molecule has 0 radical (unpaired) electrons. The van der Waals surface area contributed by atoms with Gasteiger partial charge in [-0.05, 0) is 36.8 Å². The number of hydrogen-bond donors (Lipinski definition) is 1. The highest BCUT2D eigenvalue weighted by Gasteiger charge is 2.09. The average molecular weight is 291 g/mol. The van der Waals surface area contributed by atoms with Gasteiger partial charge in [-0.3, -0.25) is 0 Å². The smallest absolute Gasteiger partial charge is 0.175 e. The summed E-state index contributed by atoms with van der Waals surface area (Å²) in [6.45, 7) is 2.32. The number of ether oxygens (including phenoxy) is 1. The van der Waals surface area contributed by atoms with Crippen molar-refractivity contribution < 1.29 is 13.2 Å². The van der Waals surface area contributed by atoms with Gasteiger partial charge in [0, 0.05) is 18.4 Å². The lowest BCUT2D eigenvalue weighted by Gasteiger charge is -2.11. The summed E-state index contributed by atoms with van der Waals surface area (Å²) >= 11 is 0. The summed E-state index contributed by atoms with van der Waals surface area (Å²) < 4.78 is 28.9. The first kappa shape index (κ1) is 14.6. The highest BCUT2D eigenvalue weighted by Crippen LogP contribution is 2.27. The first-order chi connectivity index (χ1) is 9.40. The molecule has 0 amide bonds. The summed E-state index contributed by atoms with van der Waals surface area (Å²) in [5.74, 6) is 1.13. The van der Waals surface area contributed by atoms with E-state index >= 15 is 0 Å². The summed E-state index contributed by atoms with van der Waals surface area (Å²) in [7, 11) is -3.25. The van der Waals surface area contributed by atoms with Crippen molar-refractivity contribution in [3.63, 3.8) is 0 Å². The summed E-state index contributed by atoms with van der Waals surface area (Å²) in [5, 5.41) is 0. The van der Waals surface area contributed by atoms with Crippen molar-refractivity contribution in [3.8, 4) is 11.5 Å². The van der Waals surface area contributed by atoms with Crippen LogP contribution < -0.4 is 10.5 Å². The number of aryl methyl sites for hydroxylation is 1. The Morgan fingerprint density at radius 1 is 1.15 bits per heavy atom. The van der Waals surface area contributed by atoms with Crippen molar-refractivity contribution in [1.82, 2.24) is 0 Å². The van der Waals surface area contributed by atoms with Crippen molar-refractivity contribution in [1.29, 1.82) is 0 Å². The van der Waals surface area contributed by atoms with E-state index in [9.17, 15) is 8.42 Å². The van der Waals surface area contributed by atoms with Crippen molar-refractivity contribution in [2.24, 2.45) is 5.73 Å². The molecule has 0 aliphatic heterocycles. The second-order valence-corrected chi connectivity index (χ2v) is 6.68. The molecule has 0 saturated carbocycles. The Hall–Kier alpha value is -1.85. The predicted octanol–water partition coefficient (Wildman–Crippen LogP) is 2.65. The van der Waals surface area contributed by atoms with Crippen LogP contribution in [0.5, 0.6) is 11.5 Å². The zero-order valence-electron chi connectivity index (χ0n) is 11.5. The summed E-state index contributed by atoms with van der Waals surface area (Å²) in [6.07, 6.45) is 1.17. The fraction of sp³-hybridized carbons (Fsp3) is 0.200. The number of rotatable bonds is 4. The van der Waals surface area contributed by atoms with Crippen LogP contribution in [-0.4, -0.2) is 14.7 Å². The Labute approximate surface area is 119 Å². The van der Waals surface area contributed by atoms with E-state index in [1.165, 1.54) is 12.3 Å². The zero-order chi connectivity index (χ0) is 14.8. The molecule has 2 rings (SSSR count). The van der Waals surface area contributed by atoms with Gasteiger partial charge in [0.25, 0.3) is 0 Å². The minimum atomic E-state index is -3.25. The van der Waals surface area contributed by atoms with Gasteiger partial charge < -0.3 is 10.5 Å². The molecular weight excluding hydrogens is 274 g/mol. The van der Waals surface area contributed by atoms with E-state index < -0.39 is 9.84 Å². The Bertz CT molecular complexity index is 724. The monoisotopic (exact) mass is 291 g/mol. The van der Waals surface area contributed by atoms with Crippen LogP contribution in [-0.2, 0) is 16.4 Å². The van der Waals surface area contributed by atoms with Crippen LogP contribution in [0, 0.1) is 6.92 Å². The predicted molar refractivity (Wildman–Crippen MR) is 78.7 cm³/mol. The van der Waals surface area contributed by atoms with Crippen molar-refractivity contribution in [2.45, 2.75) is 18.4 Å². The molecule has 0 aliphatic rings. The minimum absolute atomic E-state index is 0.233. The number of benzene rings is 2. The highest BCUT2D eigenvalue weighted by atomic mass is 32.2. The maximum atomic E-state index is 11.5. The maximum absolute atomic E-state index is 11.5. The van der Waals surface area contributed by atoms with Crippen LogP contribution >= 0.6 is 0 Å². The van der Waals surface area contributed by atoms with E-state index in [0.29, 0.717) is 18.0 Å². The second kappa shape index (κ2) is 5.64. The molecule has 0 bridgehead atoms. The lowest BCUT2D eigenvalue weighted by atomic mass is 10.1. The van der Waals surface area contributed by atoms with Gasteiger partial charge in [-0.1, -0.05) is 18.2 Å². The summed E-state index contributed by atoms with van der Waals surface area (Å²) in [6, 6.07) is 12.2. The second-order valence-electron chi connectivity index (χ2n) is 4.66. The molecule has 20 heavy (non-hydrogen) atoms. The molecule has 0 spiro atoms.